The number of pyridine rings is 1. The molecule has 8 heteroatoms. The molecule has 0 fully saturated rings. The summed E-state index contributed by atoms with van der Waals surface area (Å²) < 4.78 is 8.44. The third-order valence-electron chi connectivity index (χ3n) is 3.48. The molecule has 0 atom stereocenters. The molecule has 0 aliphatic rings. The first kappa shape index (κ1) is 13.3. The Bertz CT molecular complexity index is 971. The van der Waals surface area contributed by atoms with Crippen LogP contribution in [0, 0.1) is 0 Å². The molecule has 23 heavy (non-hydrogen) atoms. The Morgan fingerprint density at radius 2 is 1.96 bits per heavy atom. The standard InChI is InChI=1S/C15H13N7O/c1-23-14-3-2-10(6-17-14)11-7-18-22(9-11)12-8-19-21-5-4-13(16)20-15(12)21/h2-9H,1H3,(H2,16,20). The van der Waals surface area contributed by atoms with Gasteiger partial charge in [-0.25, -0.2) is 19.2 Å². The molecular weight excluding hydrogens is 294 g/mol. The van der Waals surface area contributed by atoms with E-state index < -0.39 is 0 Å². The van der Waals surface area contributed by atoms with Crippen molar-refractivity contribution in [1.29, 1.82) is 0 Å². The smallest absolute Gasteiger partial charge is 0.212 e. The Kier molecular flexibility index (Phi) is 2.94. The molecule has 0 radical (unpaired) electrons. The summed E-state index contributed by atoms with van der Waals surface area (Å²) in [4.78, 5) is 8.51. The molecule has 4 rings (SSSR count). The monoisotopic (exact) mass is 307 g/mol. The number of ether oxygens (including phenoxy) is 1. The first-order chi connectivity index (χ1) is 11.2. The van der Waals surface area contributed by atoms with Crippen LogP contribution in [-0.2, 0) is 0 Å². The van der Waals surface area contributed by atoms with Gasteiger partial charge in [-0.3, -0.25) is 0 Å². The highest BCUT2D eigenvalue weighted by atomic mass is 16.5. The summed E-state index contributed by atoms with van der Waals surface area (Å²) in [6.45, 7) is 0. The Morgan fingerprint density at radius 1 is 1.04 bits per heavy atom. The number of hydrogen-bond donors (Lipinski definition) is 1. The number of rotatable bonds is 3. The highest BCUT2D eigenvalue weighted by Crippen LogP contribution is 2.22. The number of aromatic nitrogens is 6. The molecule has 0 saturated heterocycles. The molecular formula is C15H13N7O. The van der Waals surface area contributed by atoms with E-state index in [1.165, 1.54) is 0 Å². The van der Waals surface area contributed by atoms with Gasteiger partial charge in [-0.15, -0.1) is 0 Å². The van der Waals surface area contributed by atoms with Crippen LogP contribution in [0.3, 0.4) is 0 Å². The van der Waals surface area contributed by atoms with Crippen molar-refractivity contribution < 1.29 is 4.74 Å². The van der Waals surface area contributed by atoms with Crippen molar-refractivity contribution in [2.45, 2.75) is 0 Å². The van der Waals surface area contributed by atoms with Crippen molar-refractivity contribution in [3.63, 3.8) is 0 Å². The number of nitrogens with zero attached hydrogens (tertiary/aromatic N) is 6. The minimum Gasteiger partial charge on any atom is -0.481 e. The SMILES string of the molecule is COc1ccc(-c2cnn(-c3cnn4ccc(N)nc34)c2)cn1. The Balaban J connectivity index is 1.75. The largest absolute Gasteiger partial charge is 0.481 e. The number of nitrogen functional groups attached to an aromatic ring is 1. The minimum absolute atomic E-state index is 0.436. The molecule has 0 saturated carbocycles. The van der Waals surface area contributed by atoms with Gasteiger partial charge in [0, 0.05) is 35.8 Å². The quantitative estimate of drug-likeness (QED) is 0.617. The lowest BCUT2D eigenvalue weighted by atomic mass is 10.2. The van der Waals surface area contributed by atoms with Crippen molar-refractivity contribution in [1.82, 2.24) is 29.4 Å². The average molecular weight is 307 g/mol. The van der Waals surface area contributed by atoms with Gasteiger partial charge in [-0.1, -0.05) is 0 Å². The van der Waals surface area contributed by atoms with E-state index >= 15 is 0 Å². The van der Waals surface area contributed by atoms with E-state index in [2.05, 4.69) is 20.2 Å². The van der Waals surface area contributed by atoms with Gasteiger partial charge in [0.15, 0.2) is 5.65 Å². The fourth-order valence-corrected chi connectivity index (χ4v) is 2.31. The van der Waals surface area contributed by atoms with Gasteiger partial charge < -0.3 is 10.5 Å². The molecule has 0 aliphatic carbocycles. The van der Waals surface area contributed by atoms with Gasteiger partial charge in [0.2, 0.25) is 5.88 Å². The van der Waals surface area contributed by atoms with Crippen LogP contribution in [0.2, 0.25) is 0 Å². The van der Waals surface area contributed by atoms with Crippen LogP contribution in [0.5, 0.6) is 5.88 Å². The highest BCUT2D eigenvalue weighted by molar-refractivity contribution is 5.64. The normalized spacial score (nSPS) is 11.0. The van der Waals surface area contributed by atoms with Gasteiger partial charge in [-0.05, 0) is 12.1 Å². The van der Waals surface area contributed by atoms with Gasteiger partial charge in [0.25, 0.3) is 0 Å². The second-order valence-electron chi connectivity index (χ2n) is 4.91. The molecule has 0 spiro atoms. The molecule has 4 aromatic heterocycles. The summed E-state index contributed by atoms with van der Waals surface area (Å²) in [6, 6.07) is 5.44. The molecule has 4 heterocycles. The number of fused-ring (bicyclic) bond motifs is 1. The van der Waals surface area contributed by atoms with Gasteiger partial charge in [0.1, 0.15) is 11.5 Å². The Labute approximate surface area is 131 Å². The van der Waals surface area contributed by atoms with Crippen LogP contribution >= 0.6 is 0 Å². The van der Waals surface area contributed by atoms with E-state index in [1.54, 1.807) is 47.2 Å². The van der Waals surface area contributed by atoms with Crippen LogP contribution in [0.15, 0.2) is 49.2 Å². The predicted molar refractivity (Wildman–Crippen MR) is 84.3 cm³/mol. The maximum atomic E-state index is 5.75. The van der Waals surface area contributed by atoms with Crippen molar-refractivity contribution in [2.24, 2.45) is 0 Å². The maximum absolute atomic E-state index is 5.75. The summed E-state index contributed by atoms with van der Waals surface area (Å²) in [5.41, 5.74) is 9.03. The summed E-state index contributed by atoms with van der Waals surface area (Å²) >= 11 is 0. The maximum Gasteiger partial charge on any atom is 0.212 e. The number of nitrogens with two attached hydrogens (primary N) is 1. The first-order valence-electron chi connectivity index (χ1n) is 6.90. The molecule has 0 unspecified atom stereocenters. The molecule has 2 N–H and O–H groups in total. The van der Waals surface area contributed by atoms with Gasteiger partial charge in [-0.2, -0.15) is 10.2 Å². The third-order valence-corrected chi connectivity index (χ3v) is 3.48. The van der Waals surface area contributed by atoms with E-state index in [0.29, 0.717) is 17.3 Å². The van der Waals surface area contributed by atoms with Crippen LogP contribution in [0.1, 0.15) is 0 Å². The van der Waals surface area contributed by atoms with Crippen molar-refractivity contribution in [2.75, 3.05) is 12.8 Å². The molecule has 0 amide bonds. The fourth-order valence-electron chi connectivity index (χ4n) is 2.31. The van der Waals surface area contributed by atoms with Crippen LogP contribution in [0.4, 0.5) is 5.82 Å². The van der Waals surface area contributed by atoms with E-state index in [0.717, 1.165) is 16.8 Å². The summed E-state index contributed by atoms with van der Waals surface area (Å²) in [7, 11) is 1.59. The second kappa shape index (κ2) is 5.09. The zero-order valence-electron chi connectivity index (χ0n) is 12.3. The van der Waals surface area contributed by atoms with E-state index in [-0.39, 0.29) is 0 Å². The van der Waals surface area contributed by atoms with Crippen LogP contribution in [-0.4, -0.2) is 36.5 Å². The van der Waals surface area contributed by atoms with Gasteiger partial charge in [0.05, 0.1) is 19.5 Å². The number of hydrogen-bond acceptors (Lipinski definition) is 6. The minimum atomic E-state index is 0.436. The molecule has 114 valence electrons. The first-order valence-corrected chi connectivity index (χ1v) is 6.90. The Morgan fingerprint density at radius 3 is 2.74 bits per heavy atom. The molecule has 0 aromatic carbocycles. The lowest BCUT2D eigenvalue weighted by Crippen LogP contribution is -1.98. The number of anilines is 1. The molecule has 4 aromatic rings. The summed E-state index contributed by atoms with van der Waals surface area (Å²) in [5.74, 6) is 1.01. The highest BCUT2D eigenvalue weighted by Gasteiger charge is 2.10. The lowest BCUT2D eigenvalue weighted by Gasteiger charge is -2.00. The molecule has 0 aliphatic heterocycles. The van der Waals surface area contributed by atoms with E-state index in [4.69, 9.17) is 10.5 Å². The van der Waals surface area contributed by atoms with E-state index in [1.807, 2.05) is 18.3 Å². The molecule has 8 nitrogen and oxygen atoms in total. The number of methoxy groups -OCH3 is 1. The predicted octanol–water partition coefficient (Wildman–Crippen LogP) is 1.57. The van der Waals surface area contributed by atoms with Crippen LogP contribution < -0.4 is 10.5 Å². The van der Waals surface area contributed by atoms with Crippen molar-refractivity contribution in [3.8, 4) is 22.7 Å². The summed E-state index contributed by atoms with van der Waals surface area (Å²) in [6.07, 6.45) is 8.86. The van der Waals surface area contributed by atoms with Crippen LogP contribution in [0.25, 0.3) is 22.5 Å². The summed E-state index contributed by atoms with van der Waals surface area (Å²) in [5, 5.41) is 8.63. The van der Waals surface area contributed by atoms with Gasteiger partial charge >= 0.3 is 0 Å². The van der Waals surface area contributed by atoms with Crippen molar-refractivity contribution >= 4 is 11.5 Å². The lowest BCUT2D eigenvalue weighted by molar-refractivity contribution is 0.398. The average Bonchev–Trinajstić information content (AvgIpc) is 3.21. The van der Waals surface area contributed by atoms with Crippen molar-refractivity contribution in [3.05, 3.63) is 49.2 Å². The fraction of sp³-hybridized carbons (Fsp3) is 0.0667. The Hall–Kier alpha value is -3.42. The third kappa shape index (κ3) is 2.26. The van der Waals surface area contributed by atoms with E-state index in [9.17, 15) is 0 Å². The zero-order chi connectivity index (χ0) is 15.8. The topological polar surface area (TPSA) is 96.1 Å². The molecule has 0 bridgehead atoms. The second-order valence-corrected chi connectivity index (χ2v) is 4.91. The zero-order valence-corrected chi connectivity index (χ0v) is 12.3.